The molecule has 0 radical (unpaired) electrons. The van der Waals surface area contributed by atoms with Crippen molar-refractivity contribution in [2.24, 2.45) is 5.92 Å². The van der Waals surface area contributed by atoms with Crippen molar-refractivity contribution in [3.05, 3.63) is 35.9 Å². The first-order chi connectivity index (χ1) is 12.0. The molecule has 0 bridgehead atoms. The van der Waals surface area contributed by atoms with Gasteiger partial charge >= 0.3 is 6.18 Å². The van der Waals surface area contributed by atoms with Crippen LogP contribution in [0.5, 0.6) is 0 Å². The van der Waals surface area contributed by atoms with Crippen molar-refractivity contribution in [3.63, 3.8) is 0 Å². The van der Waals surface area contributed by atoms with Crippen LogP contribution in [0.1, 0.15) is 38.7 Å². The van der Waals surface area contributed by atoms with Crippen LogP contribution >= 0.6 is 0 Å². The Kier molecular flexibility index (Phi) is 7.79. The smallest absolute Gasteiger partial charge is 0.353 e. The van der Waals surface area contributed by atoms with Gasteiger partial charge in [0.15, 0.2) is 0 Å². The molecule has 0 saturated carbocycles. The van der Waals surface area contributed by atoms with E-state index in [-0.39, 0.29) is 11.5 Å². The highest BCUT2D eigenvalue weighted by Crippen LogP contribution is 2.27. The molecule has 2 atom stereocenters. The zero-order valence-corrected chi connectivity index (χ0v) is 14.9. The molecule has 0 aliphatic carbocycles. The van der Waals surface area contributed by atoms with Gasteiger partial charge in [0.1, 0.15) is 6.04 Å². The Morgan fingerprint density at radius 1 is 1.08 bits per heavy atom. The molecule has 0 aliphatic rings. The van der Waals surface area contributed by atoms with Crippen LogP contribution < -0.4 is 10.6 Å². The molecule has 8 heteroatoms. The SMILES string of the molecule is CC(=O)NC(CC(C)C)C(=O)NCC(C(=O)C(F)(F)F)c1ccccc1. The van der Waals surface area contributed by atoms with Gasteiger partial charge in [-0.05, 0) is 17.9 Å². The van der Waals surface area contributed by atoms with Crippen LogP contribution in [0.15, 0.2) is 30.3 Å². The summed E-state index contributed by atoms with van der Waals surface area (Å²) in [6.07, 6.45) is -4.69. The Balaban J connectivity index is 2.92. The largest absolute Gasteiger partial charge is 0.450 e. The van der Waals surface area contributed by atoms with Crippen LogP contribution in [0.4, 0.5) is 13.2 Å². The zero-order chi connectivity index (χ0) is 19.9. The summed E-state index contributed by atoms with van der Waals surface area (Å²) < 4.78 is 38.7. The topological polar surface area (TPSA) is 75.3 Å². The Labute approximate surface area is 150 Å². The number of hydrogen-bond acceptors (Lipinski definition) is 3. The van der Waals surface area contributed by atoms with Crippen LogP contribution in [0.2, 0.25) is 0 Å². The molecule has 2 unspecified atom stereocenters. The van der Waals surface area contributed by atoms with Gasteiger partial charge in [0, 0.05) is 13.5 Å². The highest BCUT2D eigenvalue weighted by Gasteiger charge is 2.44. The maximum atomic E-state index is 12.9. The van der Waals surface area contributed by atoms with E-state index in [0.29, 0.717) is 6.42 Å². The van der Waals surface area contributed by atoms with Crippen molar-refractivity contribution >= 4 is 17.6 Å². The van der Waals surface area contributed by atoms with Gasteiger partial charge < -0.3 is 10.6 Å². The molecule has 26 heavy (non-hydrogen) atoms. The minimum atomic E-state index is -5.01. The average Bonchev–Trinajstić information content (AvgIpc) is 2.53. The fourth-order valence-corrected chi connectivity index (χ4v) is 2.52. The monoisotopic (exact) mass is 372 g/mol. The van der Waals surface area contributed by atoms with Crippen molar-refractivity contribution in [2.75, 3.05) is 6.54 Å². The Hall–Kier alpha value is -2.38. The van der Waals surface area contributed by atoms with Crippen molar-refractivity contribution in [1.29, 1.82) is 0 Å². The molecule has 0 aliphatic heterocycles. The van der Waals surface area contributed by atoms with E-state index in [1.165, 1.54) is 31.2 Å². The Morgan fingerprint density at radius 2 is 1.65 bits per heavy atom. The minimum absolute atomic E-state index is 0.0827. The third kappa shape index (κ3) is 6.85. The van der Waals surface area contributed by atoms with Crippen LogP contribution in [-0.2, 0) is 14.4 Å². The molecule has 1 aromatic carbocycles. The summed E-state index contributed by atoms with van der Waals surface area (Å²) in [5.41, 5.74) is 0.162. The second-order valence-electron chi connectivity index (χ2n) is 6.45. The number of hydrogen-bond donors (Lipinski definition) is 2. The van der Waals surface area contributed by atoms with Gasteiger partial charge in [-0.15, -0.1) is 0 Å². The number of carbonyl (C=O) groups excluding carboxylic acids is 3. The number of rotatable bonds is 8. The van der Waals surface area contributed by atoms with E-state index in [2.05, 4.69) is 10.6 Å². The lowest BCUT2D eigenvalue weighted by Gasteiger charge is -2.22. The van der Waals surface area contributed by atoms with Gasteiger partial charge in [0.25, 0.3) is 0 Å². The van der Waals surface area contributed by atoms with E-state index in [1.807, 2.05) is 13.8 Å². The fraction of sp³-hybridized carbons (Fsp3) is 0.500. The second-order valence-corrected chi connectivity index (χ2v) is 6.45. The van der Waals surface area contributed by atoms with E-state index in [9.17, 15) is 27.6 Å². The summed E-state index contributed by atoms with van der Waals surface area (Å²) in [4.78, 5) is 35.3. The molecule has 1 aromatic rings. The van der Waals surface area contributed by atoms with Crippen molar-refractivity contribution < 1.29 is 27.6 Å². The van der Waals surface area contributed by atoms with E-state index >= 15 is 0 Å². The van der Waals surface area contributed by atoms with E-state index in [1.54, 1.807) is 6.07 Å². The summed E-state index contributed by atoms with van der Waals surface area (Å²) in [5, 5.41) is 4.85. The van der Waals surface area contributed by atoms with Crippen molar-refractivity contribution in [3.8, 4) is 0 Å². The molecule has 0 saturated heterocycles. The summed E-state index contributed by atoms with van der Waals surface area (Å²) in [7, 11) is 0. The first-order valence-electron chi connectivity index (χ1n) is 8.23. The lowest BCUT2D eigenvalue weighted by atomic mass is 9.94. The standard InChI is InChI=1S/C18H23F3N2O3/c1-11(2)9-15(23-12(3)24)17(26)22-10-14(16(25)18(19,20)21)13-7-5-4-6-8-13/h4-8,11,14-15H,9-10H2,1-3H3,(H,22,26)(H,23,24). The van der Waals surface area contributed by atoms with E-state index < -0.39 is 42.3 Å². The highest BCUT2D eigenvalue weighted by atomic mass is 19.4. The van der Waals surface area contributed by atoms with Crippen LogP contribution in [0.25, 0.3) is 0 Å². The number of amides is 2. The van der Waals surface area contributed by atoms with Crippen LogP contribution in [0, 0.1) is 5.92 Å². The van der Waals surface area contributed by atoms with Crippen molar-refractivity contribution in [2.45, 2.75) is 45.3 Å². The quantitative estimate of drug-likeness (QED) is 0.737. The molecule has 2 N–H and O–H groups in total. The number of benzene rings is 1. The van der Waals surface area contributed by atoms with Gasteiger partial charge in [-0.25, -0.2) is 0 Å². The highest BCUT2D eigenvalue weighted by molar-refractivity contribution is 5.92. The number of alkyl halides is 3. The summed E-state index contributed by atoms with van der Waals surface area (Å²) in [6, 6.07) is 6.59. The summed E-state index contributed by atoms with van der Waals surface area (Å²) in [5.74, 6) is -4.43. The normalized spacial score (nSPS) is 13.8. The maximum Gasteiger partial charge on any atom is 0.450 e. The lowest BCUT2D eigenvalue weighted by Crippen LogP contribution is -2.48. The van der Waals surface area contributed by atoms with Crippen LogP contribution in [0.3, 0.4) is 0 Å². The predicted octanol–water partition coefficient (Wildman–Crippen LogP) is 2.57. The number of Topliss-reactive ketones (excluding diaryl/α,β-unsaturated/α-hetero) is 1. The molecule has 0 aromatic heterocycles. The first kappa shape index (κ1) is 21.7. The maximum absolute atomic E-state index is 12.9. The third-order valence-corrected chi connectivity index (χ3v) is 3.68. The van der Waals surface area contributed by atoms with Gasteiger partial charge in [0.2, 0.25) is 17.6 Å². The van der Waals surface area contributed by atoms with Gasteiger partial charge in [-0.1, -0.05) is 44.2 Å². The van der Waals surface area contributed by atoms with Gasteiger partial charge in [-0.3, -0.25) is 14.4 Å². The van der Waals surface area contributed by atoms with E-state index in [0.717, 1.165) is 0 Å². The van der Waals surface area contributed by atoms with Crippen molar-refractivity contribution in [1.82, 2.24) is 10.6 Å². The fourth-order valence-electron chi connectivity index (χ4n) is 2.52. The Morgan fingerprint density at radius 3 is 2.12 bits per heavy atom. The second kappa shape index (κ2) is 9.35. The molecule has 0 spiro atoms. The molecule has 5 nitrogen and oxygen atoms in total. The van der Waals surface area contributed by atoms with Gasteiger partial charge in [0.05, 0.1) is 5.92 Å². The first-order valence-corrected chi connectivity index (χ1v) is 8.23. The molecule has 1 rings (SSSR count). The Bertz CT molecular complexity index is 630. The minimum Gasteiger partial charge on any atom is -0.353 e. The van der Waals surface area contributed by atoms with E-state index in [4.69, 9.17) is 0 Å². The summed E-state index contributed by atoms with van der Waals surface area (Å²) >= 11 is 0. The predicted molar refractivity (Wildman–Crippen MR) is 90.3 cm³/mol. The zero-order valence-electron chi connectivity index (χ0n) is 14.9. The molecular weight excluding hydrogens is 349 g/mol. The molecule has 0 fully saturated rings. The summed E-state index contributed by atoms with van der Waals surface area (Å²) in [6.45, 7) is 4.44. The third-order valence-electron chi connectivity index (χ3n) is 3.68. The molecule has 0 heterocycles. The van der Waals surface area contributed by atoms with Gasteiger partial charge in [-0.2, -0.15) is 13.2 Å². The number of halogens is 3. The molecular formula is C18H23F3N2O3. The number of carbonyl (C=O) groups is 3. The molecule has 144 valence electrons. The number of nitrogens with one attached hydrogen (secondary N) is 2. The number of ketones is 1. The molecule has 2 amide bonds. The lowest BCUT2D eigenvalue weighted by molar-refractivity contribution is -0.172. The van der Waals surface area contributed by atoms with Crippen LogP contribution in [-0.4, -0.2) is 36.4 Å². The average molecular weight is 372 g/mol.